The molecule has 5 heteroatoms. The molecular weight excluding hydrogens is 312 g/mol. The van der Waals surface area contributed by atoms with E-state index in [0.29, 0.717) is 6.54 Å². The lowest BCUT2D eigenvalue weighted by Crippen LogP contribution is -2.48. The monoisotopic (exact) mass is 338 g/mol. The summed E-state index contributed by atoms with van der Waals surface area (Å²) in [6.07, 6.45) is 3.60. The van der Waals surface area contributed by atoms with Crippen molar-refractivity contribution in [3.05, 3.63) is 48.3 Å². The fourth-order valence-electron chi connectivity index (χ4n) is 3.13. The van der Waals surface area contributed by atoms with E-state index in [4.69, 9.17) is 0 Å². The van der Waals surface area contributed by atoms with E-state index in [2.05, 4.69) is 33.1 Å². The van der Waals surface area contributed by atoms with Gasteiger partial charge in [0.2, 0.25) is 5.91 Å². The number of rotatable bonds is 5. The van der Waals surface area contributed by atoms with Gasteiger partial charge in [-0.05, 0) is 36.7 Å². The van der Waals surface area contributed by atoms with Crippen molar-refractivity contribution in [2.45, 2.75) is 13.8 Å². The summed E-state index contributed by atoms with van der Waals surface area (Å²) in [5, 5.41) is 3.08. The molecular formula is C20H26N4O. The van der Waals surface area contributed by atoms with Crippen LogP contribution in [-0.2, 0) is 4.79 Å². The number of amides is 1. The second-order valence-corrected chi connectivity index (χ2v) is 6.53. The number of pyridine rings is 1. The number of aromatic nitrogens is 1. The molecule has 1 saturated heterocycles. The van der Waals surface area contributed by atoms with E-state index < -0.39 is 0 Å². The predicted molar refractivity (Wildman–Crippen MR) is 102 cm³/mol. The fraction of sp³-hybridized carbons (Fsp3) is 0.400. The maximum absolute atomic E-state index is 12.5. The summed E-state index contributed by atoms with van der Waals surface area (Å²) < 4.78 is 0. The lowest BCUT2D eigenvalue weighted by molar-refractivity contribution is -0.117. The Bertz CT molecular complexity index is 709. The van der Waals surface area contributed by atoms with Crippen molar-refractivity contribution in [1.29, 1.82) is 0 Å². The SMILES string of the molecule is CCN1CCN(CC(=O)Nc2cc(-c3cccnc3)ccc2C)CC1. The topological polar surface area (TPSA) is 48.5 Å². The van der Waals surface area contributed by atoms with Gasteiger partial charge in [0, 0.05) is 49.8 Å². The molecule has 0 atom stereocenters. The molecule has 132 valence electrons. The van der Waals surface area contributed by atoms with Gasteiger partial charge in [0.1, 0.15) is 0 Å². The number of hydrogen-bond acceptors (Lipinski definition) is 4. The number of piperazine rings is 1. The highest BCUT2D eigenvalue weighted by molar-refractivity contribution is 5.93. The Hall–Kier alpha value is -2.24. The second kappa shape index (κ2) is 8.23. The van der Waals surface area contributed by atoms with Gasteiger partial charge in [-0.25, -0.2) is 0 Å². The second-order valence-electron chi connectivity index (χ2n) is 6.53. The van der Waals surface area contributed by atoms with E-state index >= 15 is 0 Å². The Morgan fingerprint density at radius 1 is 1.12 bits per heavy atom. The third-order valence-corrected chi connectivity index (χ3v) is 4.79. The van der Waals surface area contributed by atoms with Crippen molar-refractivity contribution in [1.82, 2.24) is 14.8 Å². The summed E-state index contributed by atoms with van der Waals surface area (Å²) in [6.45, 7) is 9.72. The molecule has 1 aliphatic rings. The minimum Gasteiger partial charge on any atom is -0.325 e. The molecule has 1 N–H and O–H groups in total. The van der Waals surface area contributed by atoms with Crippen LogP contribution in [0.5, 0.6) is 0 Å². The van der Waals surface area contributed by atoms with Crippen LogP contribution in [0.25, 0.3) is 11.1 Å². The standard InChI is InChI=1S/C20H26N4O/c1-3-23-9-11-24(12-10-23)15-20(25)22-19-13-17(7-6-16(19)2)18-5-4-8-21-14-18/h4-8,13-14H,3,9-12,15H2,1-2H3,(H,22,25). The van der Waals surface area contributed by atoms with Crippen LogP contribution < -0.4 is 5.32 Å². The number of nitrogens with one attached hydrogen (secondary N) is 1. The first-order valence-corrected chi connectivity index (χ1v) is 8.91. The number of anilines is 1. The van der Waals surface area contributed by atoms with Crippen molar-refractivity contribution < 1.29 is 4.79 Å². The van der Waals surface area contributed by atoms with E-state index in [1.165, 1.54) is 0 Å². The van der Waals surface area contributed by atoms with Crippen LogP contribution in [0.3, 0.4) is 0 Å². The van der Waals surface area contributed by atoms with Crippen LogP contribution in [-0.4, -0.2) is 60.0 Å². The molecule has 2 heterocycles. The molecule has 25 heavy (non-hydrogen) atoms. The normalized spacial score (nSPS) is 15.9. The van der Waals surface area contributed by atoms with Crippen LogP contribution in [0.15, 0.2) is 42.7 Å². The summed E-state index contributed by atoms with van der Waals surface area (Å²) in [6, 6.07) is 10.1. The van der Waals surface area contributed by atoms with E-state index in [1.807, 2.05) is 37.4 Å². The van der Waals surface area contributed by atoms with Gasteiger partial charge in [0.05, 0.1) is 6.54 Å². The smallest absolute Gasteiger partial charge is 0.238 e. The molecule has 0 bridgehead atoms. The highest BCUT2D eigenvalue weighted by Crippen LogP contribution is 2.24. The van der Waals surface area contributed by atoms with E-state index in [0.717, 1.165) is 55.1 Å². The molecule has 2 aromatic rings. The Kier molecular flexibility index (Phi) is 5.79. The van der Waals surface area contributed by atoms with Crippen LogP contribution in [0, 0.1) is 6.92 Å². The van der Waals surface area contributed by atoms with Gasteiger partial charge in [-0.2, -0.15) is 0 Å². The highest BCUT2D eigenvalue weighted by atomic mass is 16.2. The summed E-state index contributed by atoms with van der Waals surface area (Å²) in [5.74, 6) is 0.0522. The molecule has 0 unspecified atom stereocenters. The first kappa shape index (κ1) is 17.6. The number of carbonyl (C=O) groups is 1. The van der Waals surface area contributed by atoms with Crippen molar-refractivity contribution in [3.8, 4) is 11.1 Å². The lowest BCUT2D eigenvalue weighted by Gasteiger charge is -2.33. The van der Waals surface area contributed by atoms with Gasteiger partial charge in [-0.15, -0.1) is 0 Å². The third-order valence-electron chi connectivity index (χ3n) is 4.79. The zero-order chi connectivity index (χ0) is 17.6. The number of aryl methyl sites for hydroxylation is 1. The molecule has 1 amide bonds. The van der Waals surface area contributed by atoms with Gasteiger partial charge < -0.3 is 10.2 Å². The zero-order valence-corrected chi connectivity index (χ0v) is 15.0. The molecule has 1 aromatic heterocycles. The fourth-order valence-corrected chi connectivity index (χ4v) is 3.13. The van der Waals surface area contributed by atoms with E-state index in [1.54, 1.807) is 6.20 Å². The summed E-state index contributed by atoms with van der Waals surface area (Å²) in [7, 11) is 0. The lowest BCUT2D eigenvalue weighted by atomic mass is 10.0. The molecule has 1 fully saturated rings. The Labute approximate surface area is 149 Å². The Morgan fingerprint density at radius 3 is 2.56 bits per heavy atom. The van der Waals surface area contributed by atoms with Crippen molar-refractivity contribution >= 4 is 11.6 Å². The van der Waals surface area contributed by atoms with Gasteiger partial charge in [0.25, 0.3) is 0 Å². The molecule has 3 rings (SSSR count). The third kappa shape index (κ3) is 4.65. The molecule has 0 aliphatic carbocycles. The number of hydrogen-bond donors (Lipinski definition) is 1. The minimum atomic E-state index is 0.0522. The minimum absolute atomic E-state index is 0.0522. The average molecular weight is 338 g/mol. The quantitative estimate of drug-likeness (QED) is 0.910. The average Bonchev–Trinajstić information content (AvgIpc) is 2.65. The predicted octanol–water partition coefficient (Wildman–Crippen LogP) is 2.63. The van der Waals surface area contributed by atoms with Gasteiger partial charge in [0.15, 0.2) is 0 Å². The number of benzene rings is 1. The molecule has 5 nitrogen and oxygen atoms in total. The van der Waals surface area contributed by atoms with Gasteiger partial charge >= 0.3 is 0 Å². The highest BCUT2D eigenvalue weighted by Gasteiger charge is 2.18. The van der Waals surface area contributed by atoms with Crippen LogP contribution in [0.2, 0.25) is 0 Å². The number of likely N-dealkylation sites (N-methyl/N-ethyl adjacent to an activating group) is 1. The Balaban J connectivity index is 1.63. The van der Waals surface area contributed by atoms with Crippen LogP contribution >= 0.6 is 0 Å². The number of carbonyl (C=O) groups excluding carboxylic acids is 1. The molecule has 0 spiro atoms. The van der Waals surface area contributed by atoms with E-state index in [9.17, 15) is 4.79 Å². The van der Waals surface area contributed by atoms with Gasteiger partial charge in [-0.1, -0.05) is 25.1 Å². The van der Waals surface area contributed by atoms with Crippen LogP contribution in [0.4, 0.5) is 5.69 Å². The summed E-state index contributed by atoms with van der Waals surface area (Å²) >= 11 is 0. The van der Waals surface area contributed by atoms with Crippen molar-refractivity contribution in [3.63, 3.8) is 0 Å². The molecule has 0 saturated carbocycles. The van der Waals surface area contributed by atoms with E-state index in [-0.39, 0.29) is 5.91 Å². The van der Waals surface area contributed by atoms with Crippen molar-refractivity contribution in [2.75, 3.05) is 44.6 Å². The molecule has 1 aliphatic heterocycles. The van der Waals surface area contributed by atoms with Crippen LogP contribution in [0.1, 0.15) is 12.5 Å². The maximum atomic E-state index is 12.5. The first-order valence-electron chi connectivity index (χ1n) is 8.91. The summed E-state index contributed by atoms with van der Waals surface area (Å²) in [4.78, 5) is 21.3. The maximum Gasteiger partial charge on any atom is 0.238 e. The summed E-state index contributed by atoms with van der Waals surface area (Å²) in [5.41, 5.74) is 4.05. The largest absolute Gasteiger partial charge is 0.325 e. The Morgan fingerprint density at radius 2 is 1.88 bits per heavy atom. The number of nitrogens with zero attached hydrogens (tertiary/aromatic N) is 3. The molecule has 0 radical (unpaired) electrons. The zero-order valence-electron chi connectivity index (χ0n) is 15.0. The molecule has 1 aromatic carbocycles. The first-order chi connectivity index (χ1) is 12.2. The van der Waals surface area contributed by atoms with Crippen molar-refractivity contribution in [2.24, 2.45) is 0 Å². The van der Waals surface area contributed by atoms with Gasteiger partial charge in [-0.3, -0.25) is 14.7 Å².